The van der Waals surface area contributed by atoms with E-state index in [4.69, 9.17) is 0 Å². The van der Waals surface area contributed by atoms with E-state index in [0.29, 0.717) is 0 Å². The highest BCUT2D eigenvalue weighted by Gasteiger charge is 2.27. The normalized spacial score (nSPS) is 23.6. The monoisotopic (exact) mass is 367 g/mol. The van der Waals surface area contributed by atoms with E-state index < -0.39 is 0 Å². The van der Waals surface area contributed by atoms with E-state index in [1.54, 1.807) is 0 Å². The minimum atomic E-state index is 0.787. The van der Waals surface area contributed by atoms with E-state index in [2.05, 4.69) is 61.4 Å². The van der Waals surface area contributed by atoms with Crippen LogP contribution >= 0.6 is 0 Å². The van der Waals surface area contributed by atoms with Gasteiger partial charge in [0.25, 0.3) is 0 Å². The molecular weight excluding hydrogens is 334 g/mol. The minimum absolute atomic E-state index is 0.787. The second-order valence-corrected chi connectivity index (χ2v) is 8.05. The number of hydrogen-bond acceptors (Lipinski definition) is 3. The first kappa shape index (κ1) is 18.4. The van der Waals surface area contributed by atoms with Crippen molar-refractivity contribution < 1.29 is 0 Å². The van der Waals surface area contributed by atoms with Crippen molar-refractivity contribution in [2.75, 3.05) is 57.8 Å². The Morgan fingerprint density at radius 2 is 1.81 bits per heavy atom. The summed E-state index contributed by atoms with van der Waals surface area (Å²) < 4.78 is 0. The van der Waals surface area contributed by atoms with E-state index in [-0.39, 0.29) is 0 Å². The maximum Gasteiger partial charge on any atom is 0.193 e. The van der Waals surface area contributed by atoms with Gasteiger partial charge in [0.1, 0.15) is 0 Å². The Hall–Kier alpha value is -2.01. The molecule has 3 aliphatic heterocycles. The first-order valence-corrected chi connectivity index (χ1v) is 10.5. The number of hydrogen-bond donors (Lipinski definition) is 1. The number of benzene rings is 1. The van der Waals surface area contributed by atoms with Crippen LogP contribution in [0.3, 0.4) is 0 Å². The molecule has 5 nitrogen and oxygen atoms in total. The van der Waals surface area contributed by atoms with Gasteiger partial charge in [-0.3, -0.25) is 4.99 Å². The topological polar surface area (TPSA) is 34.1 Å². The predicted octanol–water partition coefficient (Wildman–Crippen LogP) is 2.56. The number of rotatable bonds is 5. The second-order valence-electron chi connectivity index (χ2n) is 8.05. The summed E-state index contributed by atoms with van der Waals surface area (Å²) in [6, 6.07) is 8.92. The molecule has 1 aromatic carbocycles. The summed E-state index contributed by atoms with van der Waals surface area (Å²) >= 11 is 0. The van der Waals surface area contributed by atoms with Gasteiger partial charge in [-0.1, -0.05) is 24.3 Å². The summed E-state index contributed by atoms with van der Waals surface area (Å²) in [5, 5.41) is 3.57. The molecule has 3 heterocycles. The Labute approximate surface area is 163 Å². The van der Waals surface area contributed by atoms with E-state index in [9.17, 15) is 0 Å². The molecule has 27 heavy (non-hydrogen) atoms. The lowest BCUT2D eigenvalue weighted by atomic mass is 10.1. The second kappa shape index (κ2) is 8.79. The summed E-state index contributed by atoms with van der Waals surface area (Å²) in [7, 11) is 1.90. The molecule has 0 bridgehead atoms. The average Bonchev–Trinajstić information content (AvgIpc) is 3.46. The van der Waals surface area contributed by atoms with Crippen molar-refractivity contribution in [3.8, 4) is 0 Å². The SMILES string of the molecule is CN=C(NCc1ccc(N2CC=CC2)cc1)N1CCC(CN2CCCC2)C1. The molecule has 1 N–H and O–H groups in total. The molecule has 2 saturated heterocycles. The molecule has 0 amide bonds. The first-order chi connectivity index (χ1) is 13.3. The van der Waals surface area contributed by atoms with Gasteiger partial charge in [0, 0.05) is 52.0 Å². The predicted molar refractivity (Wildman–Crippen MR) is 113 cm³/mol. The van der Waals surface area contributed by atoms with Gasteiger partial charge in [-0.25, -0.2) is 0 Å². The highest BCUT2D eigenvalue weighted by Crippen LogP contribution is 2.20. The van der Waals surface area contributed by atoms with Crippen molar-refractivity contribution in [1.82, 2.24) is 15.1 Å². The van der Waals surface area contributed by atoms with Crippen LogP contribution in [-0.2, 0) is 6.54 Å². The molecule has 146 valence electrons. The largest absolute Gasteiger partial charge is 0.364 e. The van der Waals surface area contributed by atoms with Gasteiger partial charge in [0.05, 0.1) is 0 Å². The lowest BCUT2D eigenvalue weighted by Gasteiger charge is -2.23. The lowest BCUT2D eigenvalue weighted by molar-refractivity contribution is 0.281. The Morgan fingerprint density at radius 3 is 2.52 bits per heavy atom. The van der Waals surface area contributed by atoms with Crippen LogP contribution in [0.2, 0.25) is 0 Å². The maximum absolute atomic E-state index is 4.53. The number of nitrogens with zero attached hydrogens (tertiary/aromatic N) is 4. The molecule has 1 aromatic rings. The zero-order valence-corrected chi connectivity index (χ0v) is 16.6. The Morgan fingerprint density at radius 1 is 1.07 bits per heavy atom. The van der Waals surface area contributed by atoms with Crippen LogP contribution in [0, 0.1) is 5.92 Å². The van der Waals surface area contributed by atoms with Gasteiger partial charge in [0.2, 0.25) is 0 Å². The summed E-state index contributed by atoms with van der Waals surface area (Å²) in [5.41, 5.74) is 2.61. The number of anilines is 1. The highest BCUT2D eigenvalue weighted by atomic mass is 15.3. The Balaban J connectivity index is 1.25. The lowest BCUT2D eigenvalue weighted by Crippen LogP contribution is -2.40. The van der Waals surface area contributed by atoms with Gasteiger partial charge >= 0.3 is 0 Å². The van der Waals surface area contributed by atoms with Gasteiger partial charge in [0.15, 0.2) is 5.96 Å². The molecule has 2 fully saturated rings. The molecule has 5 heteroatoms. The van der Waals surface area contributed by atoms with Crippen LogP contribution in [0.15, 0.2) is 41.4 Å². The van der Waals surface area contributed by atoms with Crippen molar-refractivity contribution >= 4 is 11.6 Å². The third kappa shape index (κ3) is 4.64. The third-order valence-electron chi connectivity index (χ3n) is 6.08. The van der Waals surface area contributed by atoms with Crippen molar-refractivity contribution in [3.05, 3.63) is 42.0 Å². The molecule has 1 unspecified atom stereocenters. The summed E-state index contributed by atoms with van der Waals surface area (Å²) in [5.74, 6) is 1.83. The molecule has 0 aliphatic carbocycles. The van der Waals surface area contributed by atoms with Crippen molar-refractivity contribution in [2.24, 2.45) is 10.9 Å². The fourth-order valence-electron chi connectivity index (χ4n) is 4.53. The standard InChI is InChI=1S/C22H33N5/c1-23-22(27-15-10-20(18-27)17-25-11-2-3-12-25)24-16-19-6-8-21(9-7-19)26-13-4-5-14-26/h4-9,20H,2-3,10-18H2,1H3,(H,23,24). The fourth-order valence-corrected chi connectivity index (χ4v) is 4.53. The minimum Gasteiger partial charge on any atom is -0.364 e. The fraction of sp³-hybridized carbons (Fsp3) is 0.591. The van der Waals surface area contributed by atoms with Gasteiger partial charge < -0.3 is 20.0 Å². The van der Waals surface area contributed by atoms with Crippen LogP contribution in [0.5, 0.6) is 0 Å². The van der Waals surface area contributed by atoms with Crippen molar-refractivity contribution in [3.63, 3.8) is 0 Å². The van der Waals surface area contributed by atoms with E-state index in [1.807, 2.05) is 7.05 Å². The van der Waals surface area contributed by atoms with E-state index in [0.717, 1.165) is 44.6 Å². The molecule has 0 spiro atoms. The number of guanidine groups is 1. The van der Waals surface area contributed by atoms with Gasteiger partial charge in [-0.15, -0.1) is 0 Å². The zero-order valence-electron chi connectivity index (χ0n) is 16.6. The van der Waals surface area contributed by atoms with Gasteiger partial charge in [-0.05, 0) is 56.0 Å². The van der Waals surface area contributed by atoms with Crippen molar-refractivity contribution in [1.29, 1.82) is 0 Å². The van der Waals surface area contributed by atoms with E-state index >= 15 is 0 Å². The quantitative estimate of drug-likeness (QED) is 0.493. The molecular formula is C22H33N5. The average molecular weight is 368 g/mol. The Kier molecular flexibility index (Phi) is 5.97. The first-order valence-electron chi connectivity index (χ1n) is 10.5. The molecule has 4 rings (SSSR count). The zero-order chi connectivity index (χ0) is 18.5. The number of aliphatic imine (C=N–C) groups is 1. The smallest absolute Gasteiger partial charge is 0.193 e. The van der Waals surface area contributed by atoms with Gasteiger partial charge in [-0.2, -0.15) is 0 Å². The van der Waals surface area contributed by atoms with Crippen LogP contribution in [0.25, 0.3) is 0 Å². The molecule has 0 aromatic heterocycles. The third-order valence-corrected chi connectivity index (χ3v) is 6.08. The summed E-state index contributed by atoms with van der Waals surface area (Å²) in [6.07, 6.45) is 8.51. The Bertz CT molecular complexity index is 652. The van der Waals surface area contributed by atoms with Crippen LogP contribution in [-0.4, -0.2) is 68.6 Å². The molecule has 0 radical (unpaired) electrons. The number of nitrogens with one attached hydrogen (secondary N) is 1. The van der Waals surface area contributed by atoms with E-state index in [1.165, 1.54) is 50.1 Å². The molecule has 1 atom stereocenters. The number of likely N-dealkylation sites (tertiary alicyclic amines) is 2. The van der Waals surface area contributed by atoms with Crippen LogP contribution < -0.4 is 10.2 Å². The van der Waals surface area contributed by atoms with Crippen LogP contribution in [0.4, 0.5) is 5.69 Å². The summed E-state index contributed by atoms with van der Waals surface area (Å²) in [6.45, 7) is 9.00. The van der Waals surface area contributed by atoms with Crippen molar-refractivity contribution in [2.45, 2.75) is 25.8 Å². The molecule has 0 saturated carbocycles. The van der Waals surface area contributed by atoms with Crippen LogP contribution in [0.1, 0.15) is 24.8 Å². The molecule has 3 aliphatic rings. The highest BCUT2D eigenvalue weighted by molar-refractivity contribution is 5.80. The summed E-state index contributed by atoms with van der Waals surface area (Å²) in [4.78, 5) is 12.0. The maximum atomic E-state index is 4.53.